The number of benzene rings is 2. The minimum absolute atomic E-state index is 0.108. The first kappa shape index (κ1) is 18.1. The highest BCUT2D eigenvalue weighted by molar-refractivity contribution is 9.10. The minimum atomic E-state index is -0.254. The third-order valence-electron chi connectivity index (χ3n) is 3.19. The summed E-state index contributed by atoms with van der Waals surface area (Å²) in [7, 11) is 0. The zero-order valence-corrected chi connectivity index (χ0v) is 15.1. The van der Waals surface area contributed by atoms with Gasteiger partial charge in [0.2, 0.25) is 0 Å². The van der Waals surface area contributed by atoms with Crippen LogP contribution in [0.3, 0.4) is 0 Å². The summed E-state index contributed by atoms with van der Waals surface area (Å²) in [5.74, 6) is 1.47. The standard InChI is InChI=1S/C18H21BrN2O3/c1-2-23-16-6-8-17(9-7-16)24-13-21-18(22)20-11-10-14-4-3-5-15(19)12-14/h3-9,12H,2,10-11,13H2,1H3,(H2,20,21,22). The number of carbonyl (C=O) groups excluding carboxylic acids is 1. The Morgan fingerprint density at radius 1 is 1.04 bits per heavy atom. The molecule has 2 amide bonds. The first-order chi connectivity index (χ1) is 11.7. The van der Waals surface area contributed by atoms with Crippen LogP contribution in [0.1, 0.15) is 12.5 Å². The fraction of sp³-hybridized carbons (Fsp3) is 0.278. The zero-order valence-electron chi connectivity index (χ0n) is 13.5. The van der Waals surface area contributed by atoms with Gasteiger partial charge in [-0.05, 0) is 55.3 Å². The lowest BCUT2D eigenvalue weighted by Crippen LogP contribution is -2.38. The van der Waals surface area contributed by atoms with E-state index < -0.39 is 0 Å². The number of hydrogen-bond acceptors (Lipinski definition) is 3. The lowest BCUT2D eigenvalue weighted by molar-refractivity contribution is 0.224. The summed E-state index contributed by atoms with van der Waals surface area (Å²) in [6.45, 7) is 3.23. The van der Waals surface area contributed by atoms with Gasteiger partial charge in [-0.3, -0.25) is 0 Å². The van der Waals surface area contributed by atoms with Gasteiger partial charge in [0.1, 0.15) is 11.5 Å². The molecule has 0 saturated heterocycles. The number of amides is 2. The van der Waals surface area contributed by atoms with Crippen molar-refractivity contribution in [1.82, 2.24) is 10.6 Å². The molecule has 128 valence electrons. The molecule has 2 rings (SSSR count). The number of ether oxygens (including phenoxy) is 2. The maximum Gasteiger partial charge on any atom is 0.317 e. The number of nitrogens with one attached hydrogen (secondary N) is 2. The van der Waals surface area contributed by atoms with Crippen molar-refractivity contribution in [1.29, 1.82) is 0 Å². The van der Waals surface area contributed by atoms with Gasteiger partial charge in [0.25, 0.3) is 0 Å². The Balaban J connectivity index is 1.62. The van der Waals surface area contributed by atoms with Crippen molar-refractivity contribution in [2.75, 3.05) is 19.9 Å². The van der Waals surface area contributed by atoms with Crippen molar-refractivity contribution in [2.24, 2.45) is 0 Å². The number of rotatable bonds is 8. The second-order valence-corrected chi connectivity index (χ2v) is 5.92. The predicted molar refractivity (Wildman–Crippen MR) is 97.5 cm³/mol. The van der Waals surface area contributed by atoms with E-state index in [1.165, 1.54) is 0 Å². The maximum absolute atomic E-state index is 11.7. The summed E-state index contributed by atoms with van der Waals surface area (Å²) < 4.78 is 11.8. The molecule has 0 aliphatic carbocycles. The highest BCUT2D eigenvalue weighted by Crippen LogP contribution is 2.17. The largest absolute Gasteiger partial charge is 0.494 e. The van der Waals surface area contributed by atoms with Gasteiger partial charge in [-0.1, -0.05) is 28.1 Å². The van der Waals surface area contributed by atoms with E-state index in [-0.39, 0.29) is 12.8 Å². The van der Waals surface area contributed by atoms with Gasteiger partial charge in [-0.15, -0.1) is 0 Å². The van der Waals surface area contributed by atoms with Crippen LogP contribution in [0.5, 0.6) is 11.5 Å². The van der Waals surface area contributed by atoms with Gasteiger partial charge < -0.3 is 20.1 Å². The van der Waals surface area contributed by atoms with E-state index in [9.17, 15) is 4.79 Å². The van der Waals surface area contributed by atoms with Crippen LogP contribution in [-0.2, 0) is 6.42 Å². The Labute approximate surface area is 150 Å². The Hall–Kier alpha value is -2.21. The predicted octanol–water partition coefficient (Wildman–Crippen LogP) is 3.73. The molecule has 5 nitrogen and oxygen atoms in total. The van der Waals surface area contributed by atoms with E-state index in [1.807, 2.05) is 43.3 Å². The number of halogens is 1. The summed E-state index contributed by atoms with van der Waals surface area (Å²) in [5.41, 5.74) is 1.16. The number of hydrogen-bond donors (Lipinski definition) is 2. The molecule has 0 unspecified atom stereocenters. The molecule has 0 aliphatic rings. The van der Waals surface area contributed by atoms with Crippen LogP contribution in [0.25, 0.3) is 0 Å². The van der Waals surface area contributed by atoms with E-state index in [0.29, 0.717) is 18.9 Å². The number of carbonyl (C=O) groups is 1. The highest BCUT2D eigenvalue weighted by atomic mass is 79.9. The highest BCUT2D eigenvalue weighted by Gasteiger charge is 2.01. The molecule has 0 spiro atoms. The van der Waals surface area contributed by atoms with Crippen molar-refractivity contribution in [3.05, 3.63) is 58.6 Å². The molecule has 0 bridgehead atoms. The first-order valence-electron chi connectivity index (χ1n) is 7.79. The van der Waals surface area contributed by atoms with Crippen LogP contribution in [0.15, 0.2) is 53.0 Å². The van der Waals surface area contributed by atoms with E-state index in [4.69, 9.17) is 9.47 Å². The molecule has 2 aromatic carbocycles. The summed E-state index contributed by atoms with van der Waals surface area (Å²) in [5, 5.41) is 5.45. The monoisotopic (exact) mass is 392 g/mol. The summed E-state index contributed by atoms with van der Waals surface area (Å²) >= 11 is 3.43. The quantitative estimate of drug-likeness (QED) is 0.672. The molecule has 6 heteroatoms. The molecule has 0 saturated carbocycles. The Morgan fingerprint density at radius 3 is 2.42 bits per heavy atom. The van der Waals surface area contributed by atoms with Gasteiger partial charge in [-0.25, -0.2) is 4.79 Å². The first-order valence-corrected chi connectivity index (χ1v) is 8.58. The van der Waals surface area contributed by atoms with Crippen LogP contribution in [0, 0.1) is 0 Å². The van der Waals surface area contributed by atoms with Gasteiger partial charge in [0.05, 0.1) is 6.61 Å². The van der Waals surface area contributed by atoms with Crippen molar-refractivity contribution < 1.29 is 14.3 Å². The van der Waals surface area contributed by atoms with Gasteiger partial charge in [0, 0.05) is 11.0 Å². The second kappa shape index (κ2) is 9.82. The van der Waals surface area contributed by atoms with E-state index >= 15 is 0 Å². The van der Waals surface area contributed by atoms with Crippen LogP contribution in [0.4, 0.5) is 4.79 Å². The average Bonchev–Trinajstić information content (AvgIpc) is 2.57. The summed E-state index contributed by atoms with van der Waals surface area (Å²) in [6.07, 6.45) is 0.770. The fourth-order valence-electron chi connectivity index (χ4n) is 2.06. The van der Waals surface area contributed by atoms with E-state index in [0.717, 1.165) is 22.2 Å². The third-order valence-corrected chi connectivity index (χ3v) is 3.69. The normalized spacial score (nSPS) is 10.1. The third kappa shape index (κ3) is 6.50. The Morgan fingerprint density at radius 2 is 1.75 bits per heavy atom. The van der Waals surface area contributed by atoms with Gasteiger partial charge in [0.15, 0.2) is 6.73 Å². The molecule has 0 radical (unpaired) electrons. The van der Waals surface area contributed by atoms with Gasteiger partial charge in [-0.2, -0.15) is 0 Å². The minimum Gasteiger partial charge on any atom is -0.494 e. The molecule has 2 aromatic rings. The molecule has 2 N–H and O–H groups in total. The summed E-state index contributed by atoms with van der Waals surface area (Å²) in [6, 6.07) is 15.0. The van der Waals surface area contributed by atoms with Gasteiger partial charge >= 0.3 is 6.03 Å². The fourth-order valence-corrected chi connectivity index (χ4v) is 2.51. The van der Waals surface area contributed by atoms with Crippen molar-refractivity contribution >= 4 is 22.0 Å². The Kier molecular flexibility index (Phi) is 7.42. The topological polar surface area (TPSA) is 59.6 Å². The average molecular weight is 393 g/mol. The molecular formula is C18H21BrN2O3. The lowest BCUT2D eigenvalue weighted by Gasteiger charge is -2.10. The zero-order chi connectivity index (χ0) is 17.2. The maximum atomic E-state index is 11.7. The van der Waals surface area contributed by atoms with Crippen LogP contribution < -0.4 is 20.1 Å². The Bertz CT molecular complexity index is 647. The van der Waals surface area contributed by atoms with E-state index in [2.05, 4.69) is 26.6 Å². The van der Waals surface area contributed by atoms with Crippen LogP contribution in [-0.4, -0.2) is 25.9 Å². The smallest absolute Gasteiger partial charge is 0.317 e. The second-order valence-electron chi connectivity index (χ2n) is 5.01. The molecule has 0 atom stereocenters. The molecule has 24 heavy (non-hydrogen) atoms. The molecule has 0 heterocycles. The lowest BCUT2D eigenvalue weighted by atomic mass is 10.1. The van der Waals surface area contributed by atoms with Crippen molar-refractivity contribution in [3.63, 3.8) is 0 Å². The molecular weight excluding hydrogens is 372 g/mol. The summed E-state index contributed by atoms with van der Waals surface area (Å²) in [4.78, 5) is 11.7. The molecule has 0 aliphatic heterocycles. The van der Waals surface area contributed by atoms with Crippen molar-refractivity contribution in [3.8, 4) is 11.5 Å². The van der Waals surface area contributed by atoms with E-state index in [1.54, 1.807) is 12.1 Å². The molecule has 0 fully saturated rings. The number of urea groups is 1. The van der Waals surface area contributed by atoms with Crippen LogP contribution >= 0.6 is 15.9 Å². The SMILES string of the molecule is CCOc1ccc(OCNC(=O)NCCc2cccc(Br)c2)cc1. The van der Waals surface area contributed by atoms with Crippen molar-refractivity contribution in [2.45, 2.75) is 13.3 Å². The molecule has 0 aromatic heterocycles. The van der Waals surface area contributed by atoms with Crippen LogP contribution in [0.2, 0.25) is 0 Å².